The van der Waals surface area contributed by atoms with Crippen molar-refractivity contribution < 1.29 is 13.9 Å². The SMILES string of the molecule is CC(C)c1cc(Nc2nc3cc(Oc4ccnc(CC(=O)CN5CCC5)c4)ccc3n2C)ccc1F. The van der Waals surface area contributed by atoms with E-state index in [9.17, 15) is 9.18 Å². The molecule has 1 N–H and O–H groups in total. The number of imidazole rings is 1. The predicted octanol–water partition coefficient (Wildman–Crippen LogP) is 5.58. The van der Waals surface area contributed by atoms with Crippen LogP contribution < -0.4 is 10.1 Å². The van der Waals surface area contributed by atoms with Crippen LogP contribution in [0.3, 0.4) is 0 Å². The number of aryl methyl sites for hydroxylation is 1. The number of anilines is 2. The highest BCUT2D eigenvalue weighted by Gasteiger charge is 2.18. The maximum Gasteiger partial charge on any atom is 0.208 e. The largest absolute Gasteiger partial charge is 0.457 e. The molecule has 0 amide bonds. The third-order valence-electron chi connectivity index (χ3n) is 6.48. The first-order valence-corrected chi connectivity index (χ1v) is 12.3. The summed E-state index contributed by atoms with van der Waals surface area (Å²) >= 11 is 0. The standard InChI is InChI=1S/C28H30FN5O2/c1-18(2)24-15-19(5-7-25(24)29)31-28-32-26-16-22(6-8-27(26)33(28)3)36-23-9-10-30-20(14-23)13-21(35)17-34-11-4-12-34/h5-10,14-16,18H,4,11-13,17H2,1-3H3,(H,31,32). The molecule has 7 nitrogen and oxygen atoms in total. The quantitative estimate of drug-likeness (QED) is 0.332. The fourth-order valence-electron chi connectivity index (χ4n) is 4.35. The van der Waals surface area contributed by atoms with E-state index in [1.54, 1.807) is 18.3 Å². The lowest BCUT2D eigenvalue weighted by atomic mass is 10.0. The van der Waals surface area contributed by atoms with Gasteiger partial charge in [0.05, 0.1) is 29.7 Å². The summed E-state index contributed by atoms with van der Waals surface area (Å²) in [7, 11) is 1.93. The minimum absolute atomic E-state index is 0.0826. The zero-order valence-electron chi connectivity index (χ0n) is 20.8. The van der Waals surface area contributed by atoms with Crippen molar-refractivity contribution in [3.63, 3.8) is 0 Å². The summed E-state index contributed by atoms with van der Waals surface area (Å²) in [5.41, 5.74) is 3.84. The van der Waals surface area contributed by atoms with E-state index in [2.05, 4.69) is 15.2 Å². The number of benzene rings is 2. The van der Waals surface area contributed by atoms with Crippen molar-refractivity contribution in [1.82, 2.24) is 19.4 Å². The van der Waals surface area contributed by atoms with Gasteiger partial charge >= 0.3 is 0 Å². The average Bonchev–Trinajstić information content (AvgIpc) is 3.12. The molecule has 0 atom stereocenters. The number of nitrogens with zero attached hydrogens (tertiary/aromatic N) is 4. The van der Waals surface area contributed by atoms with Crippen LogP contribution in [-0.4, -0.2) is 44.9 Å². The molecule has 2 aromatic heterocycles. The molecule has 0 unspecified atom stereocenters. The first-order chi connectivity index (χ1) is 17.4. The summed E-state index contributed by atoms with van der Waals surface area (Å²) in [6.45, 7) is 6.42. The molecule has 0 radical (unpaired) electrons. The summed E-state index contributed by atoms with van der Waals surface area (Å²) in [5.74, 6) is 1.95. The van der Waals surface area contributed by atoms with Crippen molar-refractivity contribution in [2.24, 2.45) is 7.05 Å². The first-order valence-electron chi connectivity index (χ1n) is 12.3. The topological polar surface area (TPSA) is 72.3 Å². The highest BCUT2D eigenvalue weighted by molar-refractivity contribution is 5.83. The number of ketones is 1. The Labute approximate surface area is 209 Å². The van der Waals surface area contributed by atoms with Gasteiger partial charge in [0.1, 0.15) is 17.3 Å². The lowest BCUT2D eigenvalue weighted by Crippen LogP contribution is -2.41. The molecule has 1 fully saturated rings. The van der Waals surface area contributed by atoms with Crippen molar-refractivity contribution in [2.45, 2.75) is 32.6 Å². The summed E-state index contributed by atoms with van der Waals surface area (Å²) in [4.78, 5) is 23.5. The maximum atomic E-state index is 14.1. The van der Waals surface area contributed by atoms with Gasteiger partial charge in [-0.2, -0.15) is 0 Å². The van der Waals surface area contributed by atoms with Crippen LogP contribution in [0.15, 0.2) is 54.7 Å². The molecule has 0 aliphatic carbocycles. The lowest BCUT2D eigenvalue weighted by Gasteiger charge is -2.29. The molecular formula is C28H30FN5O2. The summed E-state index contributed by atoms with van der Waals surface area (Å²) in [5, 5.41) is 3.30. The van der Waals surface area contributed by atoms with Crippen LogP contribution in [0.4, 0.5) is 16.0 Å². The molecule has 1 saturated heterocycles. The van der Waals surface area contributed by atoms with Crippen LogP contribution in [-0.2, 0) is 18.3 Å². The van der Waals surface area contributed by atoms with Gasteiger partial charge in [-0.05, 0) is 67.4 Å². The molecule has 0 spiro atoms. The number of Topliss-reactive ketones (excluding diaryl/α,β-unsaturated/α-hetero) is 1. The Bertz CT molecular complexity index is 1410. The first kappa shape index (κ1) is 23.9. The van der Waals surface area contributed by atoms with E-state index < -0.39 is 0 Å². The van der Waals surface area contributed by atoms with Gasteiger partial charge in [-0.25, -0.2) is 9.37 Å². The molecule has 0 saturated carbocycles. The van der Waals surface area contributed by atoms with Crippen molar-refractivity contribution >= 4 is 28.5 Å². The normalized spacial score (nSPS) is 13.7. The van der Waals surface area contributed by atoms with Crippen LogP contribution in [0.25, 0.3) is 11.0 Å². The van der Waals surface area contributed by atoms with Crippen LogP contribution in [0, 0.1) is 5.82 Å². The number of ether oxygens (including phenoxy) is 1. The Balaban J connectivity index is 1.31. The number of hydrogen-bond donors (Lipinski definition) is 1. The monoisotopic (exact) mass is 487 g/mol. The van der Waals surface area contributed by atoms with Crippen molar-refractivity contribution in [3.8, 4) is 11.5 Å². The van der Waals surface area contributed by atoms with Crippen molar-refractivity contribution in [3.05, 3.63) is 71.8 Å². The summed E-state index contributed by atoms with van der Waals surface area (Å²) in [6.07, 6.45) is 3.12. The number of hydrogen-bond acceptors (Lipinski definition) is 6. The minimum atomic E-state index is -0.206. The number of halogens is 1. The number of likely N-dealkylation sites (tertiary alicyclic amines) is 1. The summed E-state index contributed by atoms with van der Waals surface area (Å²) in [6, 6.07) is 14.3. The van der Waals surface area contributed by atoms with Crippen LogP contribution in [0.2, 0.25) is 0 Å². The van der Waals surface area contributed by atoms with E-state index >= 15 is 0 Å². The Morgan fingerprint density at radius 2 is 1.92 bits per heavy atom. The number of aromatic nitrogens is 3. The number of fused-ring (bicyclic) bond motifs is 1. The average molecular weight is 488 g/mol. The Hall–Kier alpha value is -3.78. The molecule has 2 aromatic carbocycles. The molecule has 4 aromatic rings. The maximum absolute atomic E-state index is 14.1. The van der Waals surface area contributed by atoms with Gasteiger partial charge in [-0.3, -0.25) is 14.7 Å². The lowest BCUT2D eigenvalue weighted by molar-refractivity contribution is -0.120. The zero-order valence-corrected chi connectivity index (χ0v) is 20.8. The van der Waals surface area contributed by atoms with Crippen molar-refractivity contribution in [2.75, 3.05) is 25.0 Å². The molecule has 0 bridgehead atoms. The second-order valence-electron chi connectivity index (χ2n) is 9.59. The van der Waals surface area contributed by atoms with Gasteiger partial charge in [0, 0.05) is 31.1 Å². The number of nitrogens with one attached hydrogen (secondary N) is 1. The molecule has 1 aliphatic heterocycles. The third kappa shape index (κ3) is 5.23. The fraction of sp³-hybridized carbons (Fsp3) is 0.321. The number of carbonyl (C=O) groups is 1. The molecule has 1 aliphatic rings. The van der Waals surface area contributed by atoms with Gasteiger partial charge < -0.3 is 14.6 Å². The Morgan fingerprint density at radius 3 is 2.67 bits per heavy atom. The van der Waals surface area contributed by atoms with Gasteiger partial charge in [-0.15, -0.1) is 0 Å². The third-order valence-corrected chi connectivity index (χ3v) is 6.48. The molecule has 186 valence electrons. The Morgan fingerprint density at radius 1 is 1.11 bits per heavy atom. The van der Waals surface area contributed by atoms with E-state index in [1.165, 1.54) is 12.5 Å². The van der Waals surface area contributed by atoms with Gasteiger partial charge in [0.25, 0.3) is 0 Å². The van der Waals surface area contributed by atoms with E-state index in [0.717, 1.165) is 29.8 Å². The molecular weight excluding hydrogens is 457 g/mol. The smallest absolute Gasteiger partial charge is 0.208 e. The van der Waals surface area contributed by atoms with Crippen LogP contribution in [0.5, 0.6) is 11.5 Å². The van der Waals surface area contributed by atoms with Gasteiger partial charge in [0.2, 0.25) is 5.95 Å². The van der Waals surface area contributed by atoms with E-state index in [0.29, 0.717) is 41.7 Å². The highest BCUT2D eigenvalue weighted by atomic mass is 19.1. The van der Waals surface area contributed by atoms with E-state index in [-0.39, 0.29) is 17.5 Å². The fourth-order valence-corrected chi connectivity index (χ4v) is 4.35. The summed E-state index contributed by atoms with van der Waals surface area (Å²) < 4.78 is 22.1. The zero-order chi connectivity index (χ0) is 25.2. The highest BCUT2D eigenvalue weighted by Crippen LogP contribution is 2.29. The van der Waals surface area contributed by atoms with Gasteiger partial charge in [0.15, 0.2) is 5.78 Å². The van der Waals surface area contributed by atoms with Crippen LogP contribution >= 0.6 is 0 Å². The molecule has 8 heteroatoms. The van der Waals surface area contributed by atoms with Crippen molar-refractivity contribution in [1.29, 1.82) is 0 Å². The predicted molar refractivity (Wildman–Crippen MR) is 139 cm³/mol. The molecule has 36 heavy (non-hydrogen) atoms. The van der Waals surface area contributed by atoms with Gasteiger partial charge in [-0.1, -0.05) is 13.8 Å². The van der Waals surface area contributed by atoms with E-state index in [4.69, 9.17) is 9.72 Å². The minimum Gasteiger partial charge on any atom is -0.457 e. The second-order valence-corrected chi connectivity index (χ2v) is 9.59. The molecule has 5 rings (SSSR count). The van der Waals surface area contributed by atoms with E-state index in [1.807, 2.05) is 55.8 Å². The second kappa shape index (κ2) is 10.1. The Kier molecular flexibility index (Phi) is 6.69. The number of carbonyl (C=O) groups excluding carboxylic acids is 1. The number of pyridine rings is 1. The molecule has 3 heterocycles. The van der Waals surface area contributed by atoms with Crippen LogP contribution in [0.1, 0.15) is 37.4 Å². The number of rotatable bonds is 9.